The molecule has 2 heterocycles. The smallest absolute Gasteiger partial charge is 0.340 e. The molecule has 1 saturated heterocycles. The van der Waals surface area contributed by atoms with Crippen LogP contribution in [0.15, 0.2) is 35.4 Å². The number of halogens is 1. The van der Waals surface area contributed by atoms with Gasteiger partial charge in [-0.05, 0) is 37.1 Å². The van der Waals surface area contributed by atoms with Crippen LogP contribution in [0.3, 0.4) is 0 Å². The summed E-state index contributed by atoms with van der Waals surface area (Å²) >= 11 is 5.98. The lowest BCUT2D eigenvalue weighted by molar-refractivity contribution is -0.119. The lowest BCUT2D eigenvalue weighted by Crippen LogP contribution is -2.27. The molecule has 1 aliphatic rings. The lowest BCUT2D eigenvalue weighted by atomic mass is 10.3. The van der Waals surface area contributed by atoms with Crippen molar-refractivity contribution >= 4 is 45.1 Å². The maximum absolute atomic E-state index is 12.3. The van der Waals surface area contributed by atoms with Gasteiger partial charge in [0.1, 0.15) is 10.6 Å². The van der Waals surface area contributed by atoms with Crippen LogP contribution in [0, 0.1) is 0 Å². The fourth-order valence-electron chi connectivity index (χ4n) is 3.11. The standard InChI is InChI=1S/C20H23ClN4O6S/c1-24(2)32(29,30)17-10-14(5-6-15(17)21)23-18(26)12-31-20(28)13-9-16(22-11-13)19(27)25-7-3-4-8-25/h5-6,9-11,22H,3-4,7-8,12H2,1-2H3,(H,23,26). The Labute approximate surface area is 190 Å². The summed E-state index contributed by atoms with van der Waals surface area (Å²) in [5.74, 6) is -1.63. The Morgan fingerprint density at radius 1 is 1.19 bits per heavy atom. The number of aromatic nitrogens is 1. The molecule has 1 aromatic carbocycles. The molecule has 2 aromatic rings. The summed E-state index contributed by atoms with van der Waals surface area (Å²) < 4.78 is 30.6. The Morgan fingerprint density at radius 2 is 1.88 bits per heavy atom. The van der Waals surface area contributed by atoms with Gasteiger partial charge in [0.05, 0.1) is 10.6 Å². The number of esters is 1. The fourth-order valence-corrected chi connectivity index (χ4v) is 4.51. The van der Waals surface area contributed by atoms with E-state index in [2.05, 4.69) is 10.3 Å². The monoisotopic (exact) mass is 482 g/mol. The van der Waals surface area contributed by atoms with Gasteiger partial charge in [-0.15, -0.1) is 0 Å². The quantitative estimate of drug-likeness (QED) is 0.580. The number of H-pyrrole nitrogens is 1. The Bertz CT molecular complexity index is 1140. The topological polar surface area (TPSA) is 129 Å². The summed E-state index contributed by atoms with van der Waals surface area (Å²) in [5.41, 5.74) is 0.571. The zero-order chi connectivity index (χ0) is 23.5. The van der Waals surface area contributed by atoms with Crippen LogP contribution in [-0.4, -0.2) is 74.2 Å². The number of ether oxygens (including phenoxy) is 1. The second kappa shape index (κ2) is 9.72. The third-order valence-corrected chi connectivity index (χ3v) is 7.15. The van der Waals surface area contributed by atoms with Gasteiger partial charge in [0.2, 0.25) is 10.0 Å². The third-order valence-electron chi connectivity index (χ3n) is 4.85. The number of amides is 2. The van der Waals surface area contributed by atoms with Crippen LogP contribution >= 0.6 is 11.6 Å². The van der Waals surface area contributed by atoms with Crippen molar-refractivity contribution in [2.24, 2.45) is 0 Å². The van der Waals surface area contributed by atoms with Gasteiger partial charge in [-0.3, -0.25) is 9.59 Å². The van der Waals surface area contributed by atoms with Gasteiger partial charge in [0.25, 0.3) is 11.8 Å². The molecule has 0 bridgehead atoms. The number of aromatic amines is 1. The Kier molecular flexibility index (Phi) is 7.22. The van der Waals surface area contributed by atoms with E-state index in [1.165, 1.54) is 44.6 Å². The number of carbonyl (C=O) groups excluding carboxylic acids is 3. The number of hydrogen-bond acceptors (Lipinski definition) is 6. The van der Waals surface area contributed by atoms with Gasteiger partial charge in [-0.1, -0.05) is 11.6 Å². The van der Waals surface area contributed by atoms with E-state index in [4.69, 9.17) is 16.3 Å². The van der Waals surface area contributed by atoms with Gasteiger partial charge < -0.3 is 19.9 Å². The first-order valence-corrected chi connectivity index (χ1v) is 11.6. The minimum absolute atomic E-state index is 0.00914. The van der Waals surface area contributed by atoms with Gasteiger partial charge in [0.15, 0.2) is 6.61 Å². The van der Waals surface area contributed by atoms with E-state index in [0.29, 0.717) is 13.1 Å². The van der Waals surface area contributed by atoms with Gasteiger partial charge in [-0.2, -0.15) is 0 Å². The number of sulfonamides is 1. The first-order valence-electron chi connectivity index (χ1n) is 9.76. The van der Waals surface area contributed by atoms with Crippen molar-refractivity contribution in [3.05, 3.63) is 46.7 Å². The van der Waals surface area contributed by atoms with Crippen LogP contribution in [0.1, 0.15) is 33.7 Å². The summed E-state index contributed by atoms with van der Waals surface area (Å²) in [6.45, 7) is 0.762. The highest BCUT2D eigenvalue weighted by Gasteiger charge is 2.23. The largest absolute Gasteiger partial charge is 0.452 e. The van der Waals surface area contributed by atoms with Crippen LogP contribution in [0.2, 0.25) is 5.02 Å². The summed E-state index contributed by atoms with van der Waals surface area (Å²) in [6.07, 6.45) is 3.25. The van der Waals surface area contributed by atoms with E-state index in [1.54, 1.807) is 4.90 Å². The summed E-state index contributed by atoms with van der Waals surface area (Å²) in [5, 5.41) is 2.47. The van der Waals surface area contributed by atoms with E-state index >= 15 is 0 Å². The molecule has 172 valence electrons. The molecular weight excluding hydrogens is 460 g/mol. The fraction of sp³-hybridized carbons (Fsp3) is 0.350. The van der Waals surface area contributed by atoms with E-state index in [9.17, 15) is 22.8 Å². The number of nitrogens with zero attached hydrogens (tertiary/aromatic N) is 2. The molecule has 0 saturated carbocycles. The molecule has 3 rings (SSSR count). The number of anilines is 1. The van der Waals surface area contributed by atoms with Crippen LogP contribution in [0.5, 0.6) is 0 Å². The third kappa shape index (κ3) is 5.29. The van der Waals surface area contributed by atoms with E-state index in [1.807, 2.05) is 0 Å². The van der Waals surface area contributed by atoms with Crippen molar-refractivity contribution in [1.29, 1.82) is 0 Å². The maximum Gasteiger partial charge on any atom is 0.340 e. The molecule has 0 atom stereocenters. The van der Waals surface area contributed by atoms with Crippen molar-refractivity contribution in [3.63, 3.8) is 0 Å². The highest BCUT2D eigenvalue weighted by molar-refractivity contribution is 7.89. The lowest BCUT2D eigenvalue weighted by Gasteiger charge is -2.14. The molecule has 2 amide bonds. The Hall–Kier alpha value is -2.89. The second-order valence-corrected chi connectivity index (χ2v) is 9.89. The normalized spacial score (nSPS) is 13.9. The van der Waals surface area contributed by atoms with Crippen molar-refractivity contribution in [3.8, 4) is 0 Å². The molecule has 0 spiro atoms. The maximum atomic E-state index is 12.3. The summed E-state index contributed by atoms with van der Waals surface area (Å²) in [6, 6.07) is 5.38. The van der Waals surface area contributed by atoms with Crippen molar-refractivity contribution in [1.82, 2.24) is 14.2 Å². The molecule has 12 heteroatoms. The second-order valence-electron chi connectivity index (χ2n) is 7.36. The Balaban J connectivity index is 1.58. The van der Waals surface area contributed by atoms with Crippen LogP contribution in [0.25, 0.3) is 0 Å². The summed E-state index contributed by atoms with van der Waals surface area (Å²) in [7, 11) is -1.08. The minimum Gasteiger partial charge on any atom is -0.452 e. The first kappa shape index (κ1) is 23.8. The number of carbonyl (C=O) groups is 3. The van der Waals surface area contributed by atoms with Crippen molar-refractivity contribution in [2.75, 3.05) is 39.1 Å². The molecule has 0 unspecified atom stereocenters. The Morgan fingerprint density at radius 3 is 2.53 bits per heavy atom. The molecule has 1 fully saturated rings. The average Bonchev–Trinajstić information content (AvgIpc) is 3.45. The highest BCUT2D eigenvalue weighted by Crippen LogP contribution is 2.26. The molecule has 1 aliphatic heterocycles. The molecule has 0 aliphatic carbocycles. The van der Waals surface area contributed by atoms with Gasteiger partial charge >= 0.3 is 5.97 Å². The van der Waals surface area contributed by atoms with Crippen LogP contribution in [0.4, 0.5) is 5.69 Å². The zero-order valence-corrected chi connectivity index (χ0v) is 19.1. The number of hydrogen-bond donors (Lipinski definition) is 2. The van der Waals surface area contributed by atoms with E-state index < -0.39 is 28.5 Å². The molecule has 1 aromatic heterocycles. The molecule has 0 radical (unpaired) electrons. The van der Waals surface area contributed by atoms with Crippen LogP contribution < -0.4 is 5.32 Å². The SMILES string of the molecule is CN(C)S(=O)(=O)c1cc(NC(=O)COC(=O)c2c[nH]c(C(=O)N3CCCC3)c2)ccc1Cl. The van der Waals surface area contributed by atoms with E-state index in [-0.39, 0.29) is 32.8 Å². The minimum atomic E-state index is -3.81. The van der Waals surface area contributed by atoms with Crippen molar-refractivity contribution in [2.45, 2.75) is 17.7 Å². The zero-order valence-electron chi connectivity index (χ0n) is 17.6. The van der Waals surface area contributed by atoms with Gasteiger partial charge in [-0.25, -0.2) is 17.5 Å². The van der Waals surface area contributed by atoms with Gasteiger partial charge in [0, 0.05) is 39.1 Å². The average molecular weight is 483 g/mol. The number of likely N-dealkylation sites (tertiary alicyclic amines) is 1. The van der Waals surface area contributed by atoms with Crippen molar-refractivity contribution < 1.29 is 27.5 Å². The molecule has 10 nitrogen and oxygen atoms in total. The number of rotatable bonds is 7. The molecule has 32 heavy (non-hydrogen) atoms. The first-order chi connectivity index (χ1) is 15.1. The number of benzene rings is 1. The molecule has 2 N–H and O–H groups in total. The predicted octanol–water partition coefficient (Wildman–Crippen LogP) is 1.95. The highest BCUT2D eigenvalue weighted by atomic mass is 35.5. The van der Waals surface area contributed by atoms with E-state index in [0.717, 1.165) is 17.1 Å². The summed E-state index contributed by atoms with van der Waals surface area (Å²) in [4.78, 5) is 41.0. The predicted molar refractivity (Wildman–Crippen MR) is 117 cm³/mol. The van der Waals surface area contributed by atoms with Crippen LogP contribution in [-0.2, 0) is 19.6 Å². The molecular formula is C20H23ClN4O6S. The number of nitrogens with one attached hydrogen (secondary N) is 2.